The fraction of sp³-hybridized carbons (Fsp3) is 0.125. The summed E-state index contributed by atoms with van der Waals surface area (Å²) >= 11 is 7.70. The number of hydrogen-bond donors (Lipinski definition) is 1. The van der Waals surface area contributed by atoms with Crippen LogP contribution in [-0.4, -0.2) is 15.3 Å². The molecule has 1 aliphatic heterocycles. The Morgan fingerprint density at radius 1 is 1.36 bits per heavy atom. The van der Waals surface area contributed by atoms with E-state index in [1.807, 2.05) is 42.7 Å². The van der Waals surface area contributed by atoms with Crippen LogP contribution >= 0.6 is 22.9 Å². The van der Waals surface area contributed by atoms with Crippen LogP contribution in [0.2, 0.25) is 5.02 Å². The van der Waals surface area contributed by atoms with Gasteiger partial charge in [-0.25, -0.2) is 4.98 Å². The molecule has 3 aromatic rings. The summed E-state index contributed by atoms with van der Waals surface area (Å²) < 4.78 is 2.03. The standard InChI is InChI=1S/C16H12ClN3OS/c1-8-7-20-14(9(2)18-16(20)22-8)6-12-11-5-10(17)3-4-13(11)19-15(12)21/h3-7H,1-2H3,(H,19,21)/b12-6+. The molecule has 4 rings (SSSR count). The van der Waals surface area contributed by atoms with E-state index in [2.05, 4.69) is 10.3 Å². The number of thiazole rings is 1. The van der Waals surface area contributed by atoms with Crippen molar-refractivity contribution in [3.8, 4) is 0 Å². The minimum Gasteiger partial charge on any atom is -0.321 e. The van der Waals surface area contributed by atoms with Crippen LogP contribution in [0.15, 0.2) is 24.4 Å². The first-order valence-electron chi connectivity index (χ1n) is 6.81. The molecule has 0 atom stereocenters. The summed E-state index contributed by atoms with van der Waals surface area (Å²) in [6.45, 7) is 4.00. The number of fused-ring (bicyclic) bond motifs is 2. The Morgan fingerprint density at radius 3 is 3.00 bits per heavy atom. The second kappa shape index (κ2) is 4.69. The van der Waals surface area contributed by atoms with Gasteiger partial charge < -0.3 is 5.32 Å². The zero-order valence-corrected chi connectivity index (χ0v) is 13.5. The quantitative estimate of drug-likeness (QED) is 0.681. The molecule has 1 aromatic carbocycles. The van der Waals surface area contributed by atoms with Crippen LogP contribution in [0, 0.1) is 13.8 Å². The minimum atomic E-state index is -0.112. The lowest BCUT2D eigenvalue weighted by Crippen LogP contribution is -2.03. The zero-order valence-electron chi connectivity index (χ0n) is 12.0. The molecule has 0 saturated heterocycles. The van der Waals surface area contributed by atoms with Gasteiger partial charge in [-0.2, -0.15) is 0 Å². The van der Waals surface area contributed by atoms with Gasteiger partial charge in [0.15, 0.2) is 4.96 Å². The van der Waals surface area contributed by atoms with Crippen LogP contribution in [0.1, 0.15) is 21.8 Å². The van der Waals surface area contributed by atoms with E-state index in [9.17, 15) is 4.79 Å². The van der Waals surface area contributed by atoms with Crippen molar-refractivity contribution in [2.45, 2.75) is 13.8 Å². The largest absolute Gasteiger partial charge is 0.321 e. The average Bonchev–Trinajstić information content (AvgIpc) is 3.04. The Balaban J connectivity index is 1.94. The first kappa shape index (κ1) is 13.5. The molecule has 0 fully saturated rings. The highest BCUT2D eigenvalue weighted by molar-refractivity contribution is 7.17. The molecule has 110 valence electrons. The molecule has 1 N–H and O–H groups in total. The summed E-state index contributed by atoms with van der Waals surface area (Å²) in [6, 6.07) is 5.41. The Hall–Kier alpha value is -2.11. The van der Waals surface area contributed by atoms with Crippen LogP contribution in [-0.2, 0) is 4.79 Å². The molecule has 1 aliphatic rings. The maximum atomic E-state index is 12.3. The number of halogens is 1. The van der Waals surface area contributed by atoms with E-state index in [1.165, 1.54) is 4.88 Å². The van der Waals surface area contributed by atoms with Crippen molar-refractivity contribution in [1.82, 2.24) is 9.38 Å². The average molecular weight is 330 g/mol. The summed E-state index contributed by atoms with van der Waals surface area (Å²) in [4.78, 5) is 18.9. The van der Waals surface area contributed by atoms with E-state index in [-0.39, 0.29) is 5.91 Å². The number of aromatic nitrogens is 2. The van der Waals surface area contributed by atoms with E-state index >= 15 is 0 Å². The molecule has 2 aromatic heterocycles. The number of amides is 1. The molecule has 0 bridgehead atoms. The lowest BCUT2D eigenvalue weighted by Gasteiger charge is -2.00. The number of aryl methyl sites for hydroxylation is 2. The second-order valence-electron chi connectivity index (χ2n) is 5.28. The molecule has 4 nitrogen and oxygen atoms in total. The van der Waals surface area contributed by atoms with Gasteiger partial charge in [0.05, 0.1) is 17.0 Å². The highest BCUT2D eigenvalue weighted by Gasteiger charge is 2.25. The number of hydrogen-bond acceptors (Lipinski definition) is 3. The van der Waals surface area contributed by atoms with Gasteiger partial charge in [-0.1, -0.05) is 11.6 Å². The van der Waals surface area contributed by atoms with Crippen LogP contribution in [0.4, 0.5) is 5.69 Å². The van der Waals surface area contributed by atoms with Crippen molar-refractivity contribution in [3.63, 3.8) is 0 Å². The lowest BCUT2D eigenvalue weighted by molar-refractivity contribution is -0.110. The topological polar surface area (TPSA) is 46.4 Å². The van der Waals surface area contributed by atoms with E-state index in [0.29, 0.717) is 10.6 Å². The predicted molar refractivity (Wildman–Crippen MR) is 90.5 cm³/mol. The van der Waals surface area contributed by atoms with E-state index in [0.717, 1.165) is 27.6 Å². The number of nitrogens with one attached hydrogen (secondary N) is 1. The number of anilines is 1. The Bertz CT molecular complexity index is 967. The summed E-state index contributed by atoms with van der Waals surface area (Å²) in [6.07, 6.45) is 3.93. The predicted octanol–water partition coefficient (Wildman–Crippen LogP) is 4.16. The maximum Gasteiger partial charge on any atom is 0.256 e. The van der Waals surface area contributed by atoms with Crippen molar-refractivity contribution in [3.05, 3.63) is 51.2 Å². The van der Waals surface area contributed by atoms with Gasteiger partial charge >= 0.3 is 0 Å². The van der Waals surface area contributed by atoms with Crippen LogP contribution in [0.25, 0.3) is 16.6 Å². The third-order valence-corrected chi connectivity index (χ3v) is 4.84. The highest BCUT2D eigenvalue weighted by atomic mass is 35.5. The molecule has 6 heteroatoms. The van der Waals surface area contributed by atoms with Crippen LogP contribution < -0.4 is 5.32 Å². The van der Waals surface area contributed by atoms with Gasteiger partial charge in [0, 0.05) is 27.3 Å². The first-order valence-corrected chi connectivity index (χ1v) is 8.00. The SMILES string of the molecule is Cc1cn2c(/C=C3/C(=O)Nc4ccc(Cl)cc43)c(C)nc2s1. The first-order chi connectivity index (χ1) is 10.5. The third-order valence-electron chi connectivity index (χ3n) is 3.71. The number of benzene rings is 1. The molecule has 0 radical (unpaired) electrons. The zero-order chi connectivity index (χ0) is 15.4. The highest BCUT2D eigenvalue weighted by Crippen LogP contribution is 2.35. The normalized spacial score (nSPS) is 15.6. The molecule has 3 heterocycles. The minimum absolute atomic E-state index is 0.112. The summed E-state index contributed by atoms with van der Waals surface area (Å²) in [5.74, 6) is -0.112. The molecular weight excluding hydrogens is 318 g/mol. The van der Waals surface area contributed by atoms with Gasteiger partial charge in [-0.15, -0.1) is 11.3 Å². The molecule has 0 saturated carbocycles. The smallest absolute Gasteiger partial charge is 0.256 e. The Morgan fingerprint density at radius 2 is 2.18 bits per heavy atom. The lowest BCUT2D eigenvalue weighted by atomic mass is 10.1. The van der Waals surface area contributed by atoms with Crippen LogP contribution in [0.3, 0.4) is 0 Å². The van der Waals surface area contributed by atoms with Crippen molar-refractivity contribution >= 4 is 51.1 Å². The number of carbonyl (C=O) groups excluding carboxylic acids is 1. The molecular formula is C16H12ClN3OS. The molecule has 0 aliphatic carbocycles. The Kier molecular flexibility index (Phi) is 2.89. The second-order valence-corrected chi connectivity index (χ2v) is 6.93. The number of carbonyl (C=O) groups is 1. The van der Waals surface area contributed by atoms with Crippen LogP contribution in [0.5, 0.6) is 0 Å². The maximum absolute atomic E-state index is 12.3. The van der Waals surface area contributed by atoms with Gasteiger partial charge in [0.25, 0.3) is 5.91 Å². The van der Waals surface area contributed by atoms with Gasteiger partial charge in [0.2, 0.25) is 0 Å². The molecule has 1 amide bonds. The van der Waals surface area contributed by atoms with E-state index in [1.54, 1.807) is 17.4 Å². The summed E-state index contributed by atoms with van der Waals surface area (Å²) in [5, 5.41) is 3.48. The van der Waals surface area contributed by atoms with Crippen molar-refractivity contribution in [2.75, 3.05) is 5.32 Å². The van der Waals surface area contributed by atoms with Crippen molar-refractivity contribution < 1.29 is 4.79 Å². The van der Waals surface area contributed by atoms with Crippen molar-refractivity contribution in [2.24, 2.45) is 0 Å². The Labute approximate surface area is 136 Å². The molecule has 0 unspecified atom stereocenters. The fourth-order valence-electron chi connectivity index (χ4n) is 2.70. The molecule has 0 spiro atoms. The van der Waals surface area contributed by atoms with E-state index < -0.39 is 0 Å². The fourth-order valence-corrected chi connectivity index (χ4v) is 3.75. The van der Waals surface area contributed by atoms with Gasteiger partial charge in [-0.05, 0) is 38.1 Å². The monoisotopic (exact) mass is 329 g/mol. The van der Waals surface area contributed by atoms with Gasteiger partial charge in [-0.3, -0.25) is 9.20 Å². The third kappa shape index (κ3) is 1.97. The number of nitrogens with zero attached hydrogens (tertiary/aromatic N) is 2. The van der Waals surface area contributed by atoms with E-state index in [4.69, 9.17) is 11.6 Å². The molecule has 22 heavy (non-hydrogen) atoms. The van der Waals surface area contributed by atoms with Gasteiger partial charge in [0.1, 0.15) is 0 Å². The van der Waals surface area contributed by atoms with Crippen molar-refractivity contribution in [1.29, 1.82) is 0 Å². The number of rotatable bonds is 1. The number of imidazole rings is 1. The summed E-state index contributed by atoms with van der Waals surface area (Å²) in [5.41, 5.74) is 4.07. The summed E-state index contributed by atoms with van der Waals surface area (Å²) in [7, 11) is 0.